The summed E-state index contributed by atoms with van der Waals surface area (Å²) in [4.78, 5) is 7.53. The molecular weight excluding hydrogens is 633 g/mol. The SMILES string of the molecule is c1ccc(N(c2ccc(-c3ccc4ccccc4c3)cc2)c2cccc3sc4cc5nc(-c6ccc7ccccc7c6)sc5cc4c23)cc1. The summed E-state index contributed by atoms with van der Waals surface area (Å²) in [7, 11) is 0. The van der Waals surface area contributed by atoms with Crippen LogP contribution in [0.15, 0.2) is 170 Å². The summed E-state index contributed by atoms with van der Waals surface area (Å²) in [5.41, 5.74) is 8.07. The van der Waals surface area contributed by atoms with Gasteiger partial charge < -0.3 is 4.90 Å². The van der Waals surface area contributed by atoms with E-state index in [0.29, 0.717) is 0 Å². The molecule has 10 aromatic rings. The number of thiazole rings is 1. The first-order chi connectivity index (χ1) is 24.2. The summed E-state index contributed by atoms with van der Waals surface area (Å²) in [5.74, 6) is 0. The molecule has 4 heteroatoms. The molecule has 2 heterocycles. The van der Waals surface area contributed by atoms with E-state index in [9.17, 15) is 0 Å². The zero-order valence-corrected chi connectivity index (χ0v) is 28.0. The Hall–Kier alpha value is -5.81. The van der Waals surface area contributed by atoms with Gasteiger partial charge in [0, 0.05) is 37.1 Å². The molecule has 0 unspecified atom stereocenters. The molecule has 0 saturated carbocycles. The lowest BCUT2D eigenvalue weighted by molar-refractivity contribution is 1.30. The molecule has 2 aromatic heterocycles. The highest BCUT2D eigenvalue weighted by Crippen LogP contribution is 2.46. The van der Waals surface area contributed by atoms with Crippen LogP contribution >= 0.6 is 22.7 Å². The molecule has 10 rings (SSSR count). The van der Waals surface area contributed by atoms with Gasteiger partial charge in [-0.1, -0.05) is 109 Å². The second kappa shape index (κ2) is 11.4. The maximum atomic E-state index is 5.13. The van der Waals surface area contributed by atoms with Crippen LogP contribution in [-0.4, -0.2) is 4.98 Å². The van der Waals surface area contributed by atoms with Crippen molar-refractivity contribution in [1.29, 1.82) is 0 Å². The van der Waals surface area contributed by atoms with Crippen LogP contribution in [0.1, 0.15) is 0 Å². The lowest BCUT2D eigenvalue weighted by Gasteiger charge is -2.26. The summed E-state index contributed by atoms with van der Waals surface area (Å²) < 4.78 is 3.73. The van der Waals surface area contributed by atoms with Gasteiger partial charge in [-0.2, -0.15) is 0 Å². The molecule has 0 N–H and O–H groups in total. The Labute approximate surface area is 291 Å². The number of hydrogen-bond acceptors (Lipinski definition) is 4. The van der Waals surface area contributed by atoms with Crippen LogP contribution in [0, 0.1) is 0 Å². The summed E-state index contributed by atoms with van der Waals surface area (Å²) in [6, 6.07) is 61.5. The first-order valence-electron chi connectivity index (χ1n) is 16.4. The summed E-state index contributed by atoms with van der Waals surface area (Å²) in [6.45, 7) is 0. The average Bonchev–Trinajstić information content (AvgIpc) is 3.75. The van der Waals surface area contributed by atoms with Crippen molar-refractivity contribution in [3.8, 4) is 21.7 Å². The minimum Gasteiger partial charge on any atom is -0.310 e. The van der Waals surface area contributed by atoms with E-state index in [1.54, 1.807) is 11.3 Å². The van der Waals surface area contributed by atoms with Gasteiger partial charge >= 0.3 is 0 Å². The highest BCUT2D eigenvalue weighted by molar-refractivity contribution is 7.26. The predicted octanol–water partition coefficient (Wildman–Crippen LogP) is 13.8. The number of fused-ring (bicyclic) bond motifs is 6. The third kappa shape index (κ3) is 4.88. The predicted molar refractivity (Wildman–Crippen MR) is 213 cm³/mol. The van der Waals surface area contributed by atoms with Gasteiger partial charge in [0.15, 0.2) is 0 Å². The van der Waals surface area contributed by atoms with Crippen LogP contribution in [-0.2, 0) is 0 Å². The highest BCUT2D eigenvalue weighted by atomic mass is 32.1. The second-order valence-electron chi connectivity index (χ2n) is 12.4. The third-order valence-electron chi connectivity index (χ3n) is 9.44. The van der Waals surface area contributed by atoms with Gasteiger partial charge in [0.2, 0.25) is 0 Å². The topological polar surface area (TPSA) is 16.1 Å². The van der Waals surface area contributed by atoms with E-state index in [1.165, 1.54) is 63.2 Å². The van der Waals surface area contributed by atoms with Crippen molar-refractivity contribution in [2.45, 2.75) is 0 Å². The quantitative estimate of drug-likeness (QED) is 0.183. The van der Waals surface area contributed by atoms with Gasteiger partial charge in [0.05, 0.1) is 15.9 Å². The van der Waals surface area contributed by atoms with Gasteiger partial charge in [0.1, 0.15) is 5.01 Å². The Kier molecular flexibility index (Phi) is 6.57. The summed E-state index contributed by atoms with van der Waals surface area (Å²) in [5, 5.41) is 8.60. The van der Waals surface area contributed by atoms with E-state index in [1.807, 2.05) is 11.3 Å². The molecule has 0 amide bonds. The Morgan fingerprint density at radius 1 is 0.408 bits per heavy atom. The van der Waals surface area contributed by atoms with E-state index >= 15 is 0 Å². The van der Waals surface area contributed by atoms with Crippen LogP contribution in [0.25, 0.3) is 73.6 Å². The molecule has 2 nitrogen and oxygen atoms in total. The fourth-order valence-electron chi connectivity index (χ4n) is 7.04. The highest BCUT2D eigenvalue weighted by Gasteiger charge is 2.20. The number of rotatable bonds is 5. The van der Waals surface area contributed by atoms with Crippen LogP contribution < -0.4 is 4.90 Å². The Balaban J connectivity index is 1.10. The number of hydrogen-bond donors (Lipinski definition) is 0. The Bertz CT molecular complexity index is 2830. The van der Waals surface area contributed by atoms with Gasteiger partial charge in [-0.05, 0) is 93.3 Å². The fraction of sp³-hybridized carbons (Fsp3) is 0. The van der Waals surface area contributed by atoms with Gasteiger partial charge in [-0.25, -0.2) is 4.98 Å². The van der Waals surface area contributed by atoms with Crippen LogP contribution in [0.4, 0.5) is 17.1 Å². The number of para-hydroxylation sites is 1. The minimum atomic E-state index is 1.05. The first kappa shape index (κ1) is 28.2. The molecule has 0 bridgehead atoms. The molecule has 0 radical (unpaired) electrons. The fourth-order valence-corrected chi connectivity index (χ4v) is 9.16. The number of anilines is 3. The second-order valence-corrected chi connectivity index (χ2v) is 14.5. The maximum Gasteiger partial charge on any atom is 0.124 e. The van der Waals surface area contributed by atoms with Crippen molar-refractivity contribution >= 4 is 91.7 Å². The molecule has 49 heavy (non-hydrogen) atoms. The molecular formula is C45H28N2S2. The maximum absolute atomic E-state index is 5.13. The molecule has 0 atom stereocenters. The number of aromatic nitrogens is 1. The molecule has 230 valence electrons. The van der Waals surface area contributed by atoms with Gasteiger partial charge in [-0.3, -0.25) is 0 Å². The van der Waals surface area contributed by atoms with E-state index in [0.717, 1.165) is 27.5 Å². The summed E-state index contributed by atoms with van der Waals surface area (Å²) >= 11 is 3.62. The minimum absolute atomic E-state index is 1.05. The van der Waals surface area contributed by atoms with Crippen molar-refractivity contribution in [1.82, 2.24) is 4.98 Å². The van der Waals surface area contributed by atoms with E-state index in [4.69, 9.17) is 4.98 Å². The largest absolute Gasteiger partial charge is 0.310 e. The Morgan fingerprint density at radius 3 is 1.80 bits per heavy atom. The monoisotopic (exact) mass is 660 g/mol. The van der Waals surface area contributed by atoms with E-state index in [2.05, 4.69) is 175 Å². The number of nitrogens with zero attached hydrogens (tertiary/aromatic N) is 2. The lowest BCUT2D eigenvalue weighted by atomic mass is 10.0. The van der Waals surface area contributed by atoms with Crippen molar-refractivity contribution in [3.05, 3.63) is 170 Å². The standard InChI is InChI=1S/C45H28N2S2/c1-2-13-36(14-3-1)47(37-23-21-31(22-24-37)34-19-17-29-9-4-6-11-32(29)25-34)40-15-8-16-41-44(40)38-27-43-39(28-42(38)48-41)46-45(49-43)35-20-18-30-10-5-7-12-33(30)26-35/h1-28H. The molecule has 0 saturated heterocycles. The van der Waals surface area contributed by atoms with Gasteiger partial charge in [-0.15, -0.1) is 22.7 Å². The van der Waals surface area contributed by atoms with Crippen LogP contribution in [0.5, 0.6) is 0 Å². The first-order valence-corrected chi connectivity index (χ1v) is 18.1. The zero-order chi connectivity index (χ0) is 32.3. The van der Waals surface area contributed by atoms with Crippen molar-refractivity contribution in [2.75, 3.05) is 4.90 Å². The number of benzene rings is 8. The normalized spacial score (nSPS) is 11.7. The average molecular weight is 661 g/mol. The van der Waals surface area contributed by atoms with Crippen LogP contribution in [0.2, 0.25) is 0 Å². The Morgan fingerprint density at radius 2 is 1.04 bits per heavy atom. The molecule has 0 fully saturated rings. The van der Waals surface area contributed by atoms with E-state index in [-0.39, 0.29) is 0 Å². The van der Waals surface area contributed by atoms with Gasteiger partial charge in [0.25, 0.3) is 0 Å². The zero-order valence-electron chi connectivity index (χ0n) is 26.4. The number of thiophene rings is 1. The molecule has 0 aliphatic heterocycles. The van der Waals surface area contributed by atoms with Crippen LogP contribution in [0.3, 0.4) is 0 Å². The van der Waals surface area contributed by atoms with Crippen molar-refractivity contribution in [3.63, 3.8) is 0 Å². The van der Waals surface area contributed by atoms with E-state index < -0.39 is 0 Å². The molecule has 0 spiro atoms. The third-order valence-corrected chi connectivity index (χ3v) is 11.6. The summed E-state index contributed by atoms with van der Waals surface area (Å²) in [6.07, 6.45) is 0. The smallest absolute Gasteiger partial charge is 0.124 e. The van der Waals surface area contributed by atoms with Crippen molar-refractivity contribution < 1.29 is 0 Å². The van der Waals surface area contributed by atoms with Crippen molar-refractivity contribution in [2.24, 2.45) is 0 Å². The molecule has 0 aliphatic rings. The molecule has 8 aromatic carbocycles. The lowest BCUT2D eigenvalue weighted by Crippen LogP contribution is -2.10. The molecule has 0 aliphatic carbocycles.